The minimum atomic E-state index is -0.519. The average molecular weight is 409 g/mol. The second-order valence-corrected chi connectivity index (χ2v) is 7.15. The van der Waals surface area contributed by atoms with Crippen LogP contribution in [0, 0.1) is 5.92 Å². The van der Waals surface area contributed by atoms with Crippen molar-refractivity contribution in [2.45, 2.75) is 25.4 Å². The molecular formula is C18H21BrN2O4. The lowest BCUT2D eigenvalue weighted by Crippen LogP contribution is -2.49. The lowest BCUT2D eigenvalue weighted by Gasteiger charge is -2.46. The van der Waals surface area contributed by atoms with Gasteiger partial charge in [0.15, 0.2) is 0 Å². The summed E-state index contributed by atoms with van der Waals surface area (Å²) < 4.78 is 11.1. The van der Waals surface area contributed by atoms with Crippen molar-refractivity contribution in [3.05, 3.63) is 40.0 Å². The maximum absolute atomic E-state index is 12.5. The first-order valence-corrected chi connectivity index (χ1v) is 8.99. The van der Waals surface area contributed by atoms with Gasteiger partial charge in [-0.25, -0.2) is 9.59 Å². The van der Waals surface area contributed by atoms with Crippen LogP contribution in [0.2, 0.25) is 0 Å². The van der Waals surface area contributed by atoms with Crippen LogP contribution in [0.4, 0.5) is 5.69 Å². The topological polar surface area (TPSA) is 67.9 Å². The first-order chi connectivity index (χ1) is 12.0. The number of nitrogens with one attached hydrogen (secondary N) is 1. The van der Waals surface area contributed by atoms with Crippen LogP contribution in [0.15, 0.2) is 34.4 Å². The number of benzene rings is 1. The second kappa shape index (κ2) is 7.07. The van der Waals surface area contributed by atoms with Gasteiger partial charge in [-0.3, -0.25) is 0 Å². The van der Waals surface area contributed by atoms with Crippen LogP contribution in [-0.2, 0) is 19.1 Å². The monoisotopic (exact) mass is 408 g/mol. The predicted octanol–water partition coefficient (Wildman–Crippen LogP) is 2.86. The van der Waals surface area contributed by atoms with E-state index in [-0.39, 0.29) is 23.9 Å². The Bertz CT molecular complexity index is 734. The number of rotatable bonds is 3. The highest BCUT2D eigenvalue weighted by Gasteiger charge is 2.45. The predicted molar refractivity (Wildman–Crippen MR) is 96.9 cm³/mol. The van der Waals surface area contributed by atoms with Crippen LogP contribution < -0.4 is 5.32 Å². The quantitative estimate of drug-likeness (QED) is 0.775. The van der Waals surface area contributed by atoms with E-state index >= 15 is 0 Å². The molecule has 0 bridgehead atoms. The summed E-state index contributed by atoms with van der Waals surface area (Å²) in [6, 6.07) is 5.39. The molecule has 1 N–H and O–H groups in total. The zero-order valence-corrected chi connectivity index (χ0v) is 16.0. The Morgan fingerprint density at radius 2 is 2.16 bits per heavy atom. The number of fused-ring (bicyclic) bond motifs is 3. The van der Waals surface area contributed by atoms with E-state index in [9.17, 15) is 9.59 Å². The van der Waals surface area contributed by atoms with Crippen LogP contribution in [0.3, 0.4) is 0 Å². The number of nitrogens with zero attached hydrogens (tertiary/aromatic N) is 1. The molecule has 0 radical (unpaired) electrons. The van der Waals surface area contributed by atoms with Crippen molar-refractivity contribution in [1.82, 2.24) is 4.90 Å². The minimum Gasteiger partial charge on any atom is -0.466 e. The Morgan fingerprint density at radius 1 is 1.40 bits per heavy atom. The molecule has 0 amide bonds. The Morgan fingerprint density at radius 3 is 2.84 bits per heavy atom. The fourth-order valence-electron chi connectivity index (χ4n) is 3.71. The van der Waals surface area contributed by atoms with Gasteiger partial charge in [-0.2, -0.15) is 0 Å². The Kier molecular flexibility index (Phi) is 5.03. The van der Waals surface area contributed by atoms with Gasteiger partial charge in [0, 0.05) is 29.3 Å². The molecule has 7 heteroatoms. The molecule has 25 heavy (non-hydrogen) atoms. The maximum atomic E-state index is 12.5. The Labute approximate surface area is 155 Å². The molecule has 3 atom stereocenters. The minimum absolute atomic E-state index is 0.0310. The van der Waals surface area contributed by atoms with E-state index in [1.807, 2.05) is 30.3 Å². The zero-order chi connectivity index (χ0) is 18.1. The Balaban J connectivity index is 2.06. The molecule has 3 rings (SSSR count). The SMILES string of the molecule is CCOC(=O)[C@@H]1Nc2ccc(Br)cc2[C@@H]2[C@H]1CC(C(=O)OC)=CN2C. The van der Waals surface area contributed by atoms with E-state index < -0.39 is 6.04 Å². The summed E-state index contributed by atoms with van der Waals surface area (Å²) in [4.78, 5) is 26.5. The molecule has 0 saturated heterocycles. The number of halogens is 1. The van der Waals surface area contributed by atoms with Crippen molar-refractivity contribution >= 4 is 33.6 Å². The molecule has 2 aliphatic rings. The second-order valence-electron chi connectivity index (χ2n) is 6.23. The molecule has 0 fully saturated rings. The molecule has 2 aliphatic heterocycles. The van der Waals surface area contributed by atoms with Crippen LogP contribution in [-0.4, -0.2) is 43.6 Å². The molecule has 1 aromatic rings. The third-order valence-corrected chi connectivity index (χ3v) is 5.21. The average Bonchev–Trinajstić information content (AvgIpc) is 2.60. The summed E-state index contributed by atoms with van der Waals surface area (Å²) in [7, 11) is 3.28. The summed E-state index contributed by atoms with van der Waals surface area (Å²) in [5.41, 5.74) is 2.55. The molecule has 0 saturated carbocycles. The van der Waals surface area contributed by atoms with Gasteiger partial charge < -0.3 is 19.7 Å². The van der Waals surface area contributed by atoms with Crippen molar-refractivity contribution in [3.8, 4) is 0 Å². The molecule has 0 spiro atoms. The van der Waals surface area contributed by atoms with E-state index in [1.54, 1.807) is 6.92 Å². The summed E-state index contributed by atoms with van der Waals surface area (Å²) in [5, 5.41) is 3.30. The van der Waals surface area contributed by atoms with Crippen molar-refractivity contribution in [2.75, 3.05) is 26.1 Å². The van der Waals surface area contributed by atoms with Crippen LogP contribution >= 0.6 is 15.9 Å². The van der Waals surface area contributed by atoms with Gasteiger partial charge in [0.2, 0.25) is 0 Å². The highest BCUT2D eigenvalue weighted by molar-refractivity contribution is 9.10. The zero-order valence-electron chi connectivity index (χ0n) is 14.4. The highest BCUT2D eigenvalue weighted by atomic mass is 79.9. The van der Waals surface area contributed by atoms with Crippen molar-refractivity contribution in [2.24, 2.45) is 5.92 Å². The third kappa shape index (κ3) is 3.25. The molecule has 0 aliphatic carbocycles. The third-order valence-electron chi connectivity index (χ3n) is 4.72. The highest BCUT2D eigenvalue weighted by Crippen LogP contribution is 2.46. The molecule has 6 nitrogen and oxygen atoms in total. The van der Waals surface area contributed by atoms with Crippen molar-refractivity contribution in [1.29, 1.82) is 0 Å². The number of carbonyl (C=O) groups is 2. The summed E-state index contributed by atoms with van der Waals surface area (Å²) in [5.74, 6) is -0.802. The summed E-state index contributed by atoms with van der Waals surface area (Å²) in [6.07, 6.45) is 2.26. The van der Waals surface area contributed by atoms with Gasteiger partial charge in [-0.05, 0) is 37.1 Å². The number of hydrogen-bond donors (Lipinski definition) is 1. The van der Waals surface area contributed by atoms with Crippen molar-refractivity contribution < 1.29 is 19.1 Å². The first kappa shape index (κ1) is 17.8. The standard InChI is InChI=1S/C18H21BrN2O4/c1-4-25-18(23)15-13-7-10(17(22)24-3)9-21(2)16(13)12-8-11(19)5-6-14(12)20-15/h5-6,8-9,13,15-16,20H,4,7H2,1-3H3/t13-,15+,16+/m0/s1. The molecule has 0 unspecified atom stereocenters. The molecule has 2 heterocycles. The van der Waals surface area contributed by atoms with E-state index in [0.29, 0.717) is 18.6 Å². The van der Waals surface area contributed by atoms with Crippen molar-refractivity contribution in [3.63, 3.8) is 0 Å². The number of ether oxygens (including phenoxy) is 2. The van der Waals surface area contributed by atoms with E-state index in [2.05, 4.69) is 27.3 Å². The fraction of sp³-hybridized carbons (Fsp3) is 0.444. The number of anilines is 1. The van der Waals surface area contributed by atoms with E-state index in [0.717, 1.165) is 15.7 Å². The maximum Gasteiger partial charge on any atom is 0.335 e. The normalized spacial score (nSPS) is 24.4. The van der Waals surface area contributed by atoms with Crippen LogP contribution in [0.5, 0.6) is 0 Å². The van der Waals surface area contributed by atoms with Crippen LogP contribution in [0.1, 0.15) is 24.9 Å². The number of methoxy groups -OCH3 is 1. The van der Waals surface area contributed by atoms with Gasteiger partial charge in [-0.15, -0.1) is 0 Å². The van der Waals surface area contributed by atoms with Gasteiger partial charge in [0.1, 0.15) is 6.04 Å². The smallest absolute Gasteiger partial charge is 0.335 e. The number of hydrogen-bond acceptors (Lipinski definition) is 6. The lowest BCUT2D eigenvalue weighted by molar-refractivity contribution is -0.147. The largest absolute Gasteiger partial charge is 0.466 e. The molecule has 0 aromatic heterocycles. The first-order valence-electron chi connectivity index (χ1n) is 8.19. The summed E-state index contributed by atoms with van der Waals surface area (Å²) in [6.45, 7) is 2.10. The lowest BCUT2D eigenvalue weighted by atomic mass is 9.76. The summed E-state index contributed by atoms with van der Waals surface area (Å²) >= 11 is 3.51. The van der Waals surface area contributed by atoms with Gasteiger partial charge >= 0.3 is 11.9 Å². The number of carbonyl (C=O) groups excluding carboxylic acids is 2. The molecule has 134 valence electrons. The fourth-order valence-corrected chi connectivity index (χ4v) is 4.09. The molecular weight excluding hydrogens is 388 g/mol. The molecule has 1 aromatic carbocycles. The number of esters is 2. The van der Waals surface area contributed by atoms with Crippen LogP contribution in [0.25, 0.3) is 0 Å². The van der Waals surface area contributed by atoms with E-state index in [1.165, 1.54) is 7.11 Å². The Hall–Kier alpha value is -2.02. The van der Waals surface area contributed by atoms with Gasteiger partial charge in [0.05, 0.1) is 25.3 Å². The van der Waals surface area contributed by atoms with Gasteiger partial charge in [-0.1, -0.05) is 15.9 Å². The van der Waals surface area contributed by atoms with Gasteiger partial charge in [0.25, 0.3) is 0 Å². The van der Waals surface area contributed by atoms with E-state index in [4.69, 9.17) is 9.47 Å².